The summed E-state index contributed by atoms with van der Waals surface area (Å²) in [7, 11) is -3.49. The van der Waals surface area contributed by atoms with Crippen molar-refractivity contribution in [1.82, 2.24) is 15.4 Å². The first kappa shape index (κ1) is 16.9. The summed E-state index contributed by atoms with van der Waals surface area (Å²) in [4.78, 5) is 11.9. The van der Waals surface area contributed by atoms with Crippen LogP contribution in [0.4, 0.5) is 0 Å². The molecular formula is C15H23N3O3S. The van der Waals surface area contributed by atoms with E-state index in [-0.39, 0.29) is 17.3 Å². The molecule has 0 spiro atoms. The number of hydrogen-bond donors (Lipinski definition) is 3. The van der Waals surface area contributed by atoms with Crippen LogP contribution >= 0.6 is 0 Å². The second kappa shape index (κ2) is 8.26. The highest BCUT2D eigenvalue weighted by Gasteiger charge is 2.16. The van der Waals surface area contributed by atoms with Crippen LogP contribution in [0.25, 0.3) is 0 Å². The molecule has 1 heterocycles. The van der Waals surface area contributed by atoms with Crippen molar-refractivity contribution in [3.63, 3.8) is 0 Å². The maximum absolute atomic E-state index is 11.9. The second-order valence-electron chi connectivity index (χ2n) is 5.46. The van der Waals surface area contributed by atoms with Crippen LogP contribution in [-0.4, -0.2) is 40.5 Å². The van der Waals surface area contributed by atoms with Gasteiger partial charge in [-0.3, -0.25) is 4.79 Å². The van der Waals surface area contributed by atoms with Gasteiger partial charge in [-0.15, -0.1) is 0 Å². The highest BCUT2D eigenvalue weighted by molar-refractivity contribution is 7.89. The number of rotatable bonds is 8. The van der Waals surface area contributed by atoms with Gasteiger partial charge in [-0.25, -0.2) is 13.1 Å². The lowest BCUT2D eigenvalue weighted by Crippen LogP contribution is -2.34. The minimum Gasteiger partial charge on any atom is -0.355 e. The fourth-order valence-electron chi connectivity index (χ4n) is 2.45. The molecule has 1 aliphatic heterocycles. The quantitative estimate of drug-likeness (QED) is 0.606. The molecule has 1 aliphatic rings. The van der Waals surface area contributed by atoms with Crippen LogP contribution < -0.4 is 15.4 Å². The molecule has 1 amide bonds. The van der Waals surface area contributed by atoms with Crippen molar-refractivity contribution < 1.29 is 13.2 Å². The van der Waals surface area contributed by atoms with Crippen LogP contribution in [0.1, 0.15) is 19.3 Å². The van der Waals surface area contributed by atoms with Gasteiger partial charge >= 0.3 is 0 Å². The molecule has 1 atom stereocenters. The Kier molecular flexibility index (Phi) is 6.35. The zero-order chi connectivity index (χ0) is 15.8. The molecule has 22 heavy (non-hydrogen) atoms. The molecule has 1 aromatic rings. The summed E-state index contributed by atoms with van der Waals surface area (Å²) in [6, 6.07) is 8.19. The lowest BCUT2D eigenvalue weighted by atomic mass is 10.0. The summed E-state index contributed by atoms with van der Waals surface area (Å²) in [6.45, 7) is 2.51. The number of carbonyl (C=O) groups is 1. The Morgan fingerprint density at radius 3 is 2.68 bits per heavy atom. The minimum absolute atomic E-state index is 0.0224. The Hall–Kier alpha value is -1.44. The molecule has 122 valence electrons. The van der Waals surface area contributed by atoms with Crippen LogP contribution in [0.5, 0.6) is 0 Å². The van der Waals surface area contributed by atoms with Gasteiger partial charge in [0.2, 0.25) is 15.9 Å². The fraction of sp³-hybridized carbons (Fsp3) is 0.533. The highest BCUT2D eigenvalue weighted by Crippen LogP contribution is 2.13. The van der Waals surface area contributed by atoms with Crippen molar-refractivity contribution in [3.05, 3.63) is 30.3 Å². The monoisotopic (exact) mass is 325 g/mol. The van der Waals surface area contributed by atoms with Gasteiger partial charge in [-0.1, -0.05) is 18.2 Å². The van der Waals surface area contributed by atoms with Crippen molar-refractivity contribution in [2.24, 2.45) is 5.92 Å². The number of benzene rings is 1. The number of hydrogen-bond acceptors (Lipinski definition) is 4. The third-order valence-electron chi connectivity index (χ3n) is 3.73. The Bertz CT molecular complexity index is 569. The van der Waals surface area contributed by atoms with E-state index in [1.807, 2.05) is 0 Å². The molecule has 2 rings (SSSR count). The molecule has 0 aliphatic carbocycles. The largest absolute Gasteiger partial charge is 0.355 e. The van der Waals surface area contributed by atoms with Gasteiger partial charge in [0.25, 0.3) is 0 Å². The van der Waals surface area contributed by atoms with Crippen molar-refractivity contribution in [3.8, 4) is 0 Å². The van der Waals surface area contributed by atoms with Crippen molar-refractivity contribution in [1.29, 1.82) is 0 Å². The topological polar surface area (TPSA) is 87.3 Å². The first-order valence-electron chi connectivity index (χ1n) is 7.60. The average molecular weight is 325 g/mol. The Morgan fingerprint density at radius 1 is 1.23 bits per heavy atom. The third kappa shape index (κ3) is 5.40. The van der Waals surface area contributed by atoms with E-state index in [1.54, 1.807) is 18.2 Å². The molecule has 0 saturated carbocycles. The molecule has 0 aromatic heterocycles. The van der Waals surface area contributed by atoms with Gasteiger partial charge in [0.05, 0.1) is 4.90 Å². The molecule has 1 unspecified atom stereocenters. The van der Waals surface area contributed by atoms with E-state index < -0.39 is 10.0 Å². The Labute approximate surface area is 131 Å². The van der Waals surface area contributed by atoms with Crippen molar-refractivity contribution in [2.45, 2.75) is 24.2 Å². The average Bonchev–Trinajstić information content (AvgIpc) is 3.04. The SMILES string of the molecule is O=C(CCC1CCNC1)NCCNS(=O)(=O)c1ccccc1. The number of amides is 1. The summed E-state index contributed by atoms with van der Waals surface area (Å²) in [5.74, 6) is 0.563. The number of nitrogens with one attached hydrogen (secondary N) is 3. The maximum atomic E-state index is 11.9. The Morgan fingerprint density at radius 2 is 2.00 bits per heavy atom. The smallest absolute Gasteiger partial charge is 0.240 e. The molecule has 0 radical (unpaired) electrons. The summed E-state index contributed by atoms with van der Waals surface area (Å²) in [5.41, 5.74) is 0. The van der Waals surface area contributed by atoms with Crippen LogP contribution in [0.15, 0.2) is 35.2 Å². The normalized spacial score (nSPS) is 18.3. The van der Waals surface area contributed by atoms with E-state index in [9.17, 15) is 13.2 Å². The molecule has 0 bridgehead atoms. The molecule has 1 fully saturated rings. The van der Waals surface area contributed by atoms with Crippen molar-refractivity contribution >= 4 is 15.9 Å². The lowest BCUT2D eigenvalue weighted by Gasteiger charge is -2.09. The van der Waals surface area contributed by atoms with Gasteiger partial charge < -0.3 is 10.6 Å². The molecule has 3 N–H and O–H groups in total. The van der Waals surface area contributed by atoms with Gasteiger partial charge in [-0.2, -0.15) is 0 Å². The third-order valence-corrected chi connectivity index (χ3v) is 5.21. The molecule has 1 aromatic carbocycles. The zero-order valence-electron chi connectivity index (χ0n) is 12.5. The summed E-state index contributed by atoms with van der Waals surface area (Å²) in [6.07, 6.45) is 2.51. The van der Waals surface area contributed by atoms with Gasteiger partial charge in [0.1, 0.15) is 0 Å². The van der Waals surface area contributed by atoms with E-state index in [0.29, 0.717) is 18.9 Å². The summed E-state index contributed by atoms with van der Waals surface area (Å²) in [5, 5.41) is 6.02. The van der Waals surface area contributed by atoms with Gasteiger partial charge in [0, 0.05) is 19.5 Å². The number of carbonyl (C=O) groups excluding carboxylic acids is 1. The molecule has 7 heteroatoms. The standard InChI is InChI=1S/C15H23N3O3S/c19-15(7-6-13-8-9-16-12-13)17-10-11-18-22(20,21)14-4-2-1-3-5-14/h1-5,13,16,18H,6-12H2,(H,17,19). The maximum Gasteiger partial charge on any atom is 0.240 e. The van der Waals surface area contributed by atoms with Crippen LogP contribution in [0.2, 0.25) is 0 Å². The van der Waals surface area contributed by atoms with E-state index in [4.69, 9.17) is 0 Å². The minimum atomic E-state index is -3.49. The Balaban J connectivity index is 1.63. The first-order valence-corrected chi connectivity index (χ1v) is 9.08. The van der Waals surface area contributed by atoms with Crippen molar-refractivity contribution in [2.75, 3.05) is 26.2 Å². The fourth-order valence-corrected chi connectivity index (χ4v) is 3.51. The van der Waals surface area contributed by atoms with Crippen LogP contribution in [0, 0.1) is 5.92 Å². The zero-order valence-corrected chi connectivity index (χ0v) is 13.4. The first-order chi connectivity index (χ1) is 10.6. The predicted octanol–water partition coefficient (Wildman–Crippen LogP) is 0.471. The van der Waals surface area contributed by atoms with E-state index in [1.165, 1.54) is 12.1 Å². The van der Waals surface area contributed by atoms with Gasteiger partial charge in [0.15, 0.2) is 0 Å². The highest BCUT2D eigenvalue weighted by atomic mass is 32.2. The molecule has 6 nitrogen and oxygen atoms in total. The predicted molar refractivity (Wildman–Crippen MR) is 84.9 cm³/mol. The van der Waals surface area contributed by atoms with E-state index in [2.05, 4.69) is 15.4 Å². The summed E-state index contributed by atoms with van der Waals surface area (Å²) >= 11 is 0. The second-order valence-corrected chi connectivity index (χ2v) is 7.23. The van der Waals surface area contributed by atoms with Gasteiger partial charge in [-0.05, 0) is 44.0 Å². The van der Waals surface area contributed by atoms with E-state index >= 15 is 0 Å². The van der Waals surface area contributed by atoms with Crippen LogP contribution in [-0.2, 0) is 14.8 Å². The van der Waals surface area contributed by atoms with E-state index in [0.717, 1.165) is 25.9 Å². The lowest BCUT2D eigenvalue weighted by molar-refractivity contribution is -0.121. The molecule has 1 saturated heterocycles. The van der Waals surface area contributed by atoms with Crippen LogP contribution in [0.3, 0.4) is 0 Å². The number of sulfonamides is 1. The molecular weight excluding hydrogens is 302 g/mol. The summed E-state index contributed by atoms with van der Waals surface area (Å²) < 4.78 is 26.4.